The van der Waals surface area contributed by atoms with E-state index in [1.165, 1.54) is 0 Å². The number of alkyl halides is 1. The van der Waals surface area contributed by atoms with Crippen LogP contribution in [0.4, 0.5) is 0 Å². The van der Waals surface area contributed by atoms with Crippen molar-refractivity contribution in [3.63, 3.8) is 0 Å². The van der Waals surface area contributed by atoms with Gasteiger partial charge in [-0.1, -0.05) is 43.3 Å². The predicted molar refractivity (Wildman–Crippen MR) is 82.6 cm³/mol. The summed E-state index contributed by atoms with van der Waals surface area (Å²) in [5, 5.41) is 0. The monoisotopic (exact) mass is 290 g/mol. The van der Waals surface area contributed by atoms with E-state index in [-0.39, 0.29) is 0 Å². The van der Waals surface area contributed by atoms with Gasteiger partial charge < -0.3 is 9.47 Å². The summed E-state index contributed by atoms with van der Waals surface area (Å²) in [6.45, 7) is 3.32. The first kappa shape index (κ1) is 14.7. The van der Waals surface area contributed by atoms with Crippen molar-refractivity contribution in [2.45, 2.75) is 25.8 Å². The Labute approximate surface area is 125 Å². The van der Waals surface area contributed by atoms with Crippen LogP contribution in [-0.4, -0.2) is 6.61 Å². The van der Waals surface area contributed by atoms with E-state index in [4.69, 9.17) is 21.1 Å². The molecule has 3 heteroatoms. The molecule has 0 saturated carbocycles. The third kappa shape index (κ3) is 4.17. The second kappa shape index (κ2) is 7.81. The molecule has 0 spiro atoms. The summed E-state index contributed by atoms with van der Waals surface area (Å²) in [5.74, 6) is 2.04. The summed E-state index contributed by atoms with van der Waals surface area (Å²) in [5.41, 5.74) is 2.11. The number of benzene rings is 2. The third-order valence-electron chi connectivity index (χ3n) is 2.89. The molecule has 2 nitrogen and oxygen atoms in total. The number of hydrogen-bond acceptors (Lipinski definition) is 2. The second-order valence-corrected chi connectivity index (χ2v) is 4.79. The fraction of sp³-hybridized carbons (Fsp3) is 0.294. The molecule has 0 saturated heterocycles. The molecule has 0 heterocycles. The summed E-state index contributed by atoms with van der Waals surface area (Å²) in [6.07, 6.45) is 0.984. The van der Waals surface area contributed by atoms with Gasteiger partial charge in [-0.2, -0.15) is 0 Å². The highest BCUT2D eigenvalue weighted by atomic mass is 35.5. The Bertz CT molecular complexity index is 526. The van der Waals surface area contributed by atoms with Crippen molar-refractivity contribution in [1.29, 1.82) is 0 Å². The largest absolute Gasteiger partial charge is 0.493 e. The first-order valence-corrected chi connectivity index (χ1v) is 7.35. The van der Waals surface area contributed by atoms with Gasteiger partial charge in [0, 0.05) is 11.6 Å². The van der Waals surface area contributed by atoms with E-state index in [0.717, 1.165) is 29.0 Å². The molecule has 0 radical (unpaired) electrons. The van der Waals surface area contributed by atoms with E-state index in [2.05, 4.69) is 6.92 Å². The first-order valence-electron chi connectivity index (χ1n) is 6.82. The smallest absolute Gasteiger partial charge is 0.127 e. The van der Waals surface area contributed by atoms with Gasteiger partial charge in [0.1, 0.15) is 18.1 Å². The van der Waals surface area contributed by atoms with Crippen molar-refractivity contribution in [2.24, 2.45) is 0 Å². The molecule has 0 amide bonds. The number of ether oxygens (including phenoxy) is 2. The Kier molecular flexibility index (Phi) is 5.75. The van der Waals surface area contributed by atoms with Gasteiger partial charge in [-0.25, -0.2) is 0 Å². The van der Waals surface area contributed by atoms with Crippen LogP contribution in [0.1, 0.15) is 24.5 Å². The molecular formula is C17H19ClO2. The van der Waals surface area contributed by atoms with Crippen LogP contribution in [0.5, 0.6) is 11.5 Å². The second-order valence-electron chi connectivity index (χ2n) is 4.53. The van der Waals surface area contributed by atoms with Crippen molar-refractivity contribution >= 4 is 11.6 Å². The zero-order valence-corrected chi connectivity index (χ0v) is 12.4. The molecule has 0 N–H and O–H groups in total. The zero-order valence-electron chi connectivity index (χ0n) is 11.6. The first-order chi connectivity index (χ1) is 9.83. The van der Waals surface area contributed by atoms with Crippen LogP contribution in [0.25, 0.3) is 0 Å². The Balaban J connectivity index is 2.07. The van der Waals surface area contributed by atoms with Gasteiger partial charge in [0.15, 0.2) is 0 Å². The molecule has 0 aromatic heterocycles. The SMILES string of the molecule is CCCOc1ccc(CCl)c(OCc2ccccc2)c1. The highest BCUT2D eigenvalue weighted by molar-refractivity contribution is 6.17. The van der Waals surface area contributed by atoms with E-state index in [1.807, 2.05) is 48.5 Å². The van der Waals surface area contributed by atoms with E-state index in [9.17, 15) is 0 Å². The Morgan fingerprint density at radius 1 is 1.00 bits per heavy atom. The lowest BCUT2D eigenvalue weighted by Crippen LogP contribution is -2.00. The molecule has 0 bridgehead atoms. The number of halogens is 1. The maximum atomic E-state index is 5.95. The van der Waals surface area contributed by atoms with Gasteiger partial charge in [0.25, 0.3) is 0 Å². The van der Waals surface area contributed by atoms with Crippen LogP contribution < -0.4 is 9.47 Å². The van der Waals surface area contributed by atoms with E-state index < -0.39 is 0 Å². The van der Waals surface area contributed by atoms with Crippen molar-refractivity contribution in [1.82, 2.24) is 0 Å². The maximum absolute atomic E-state index is 5.95. The lowest BCUT2D eigenvalue weighted by atomic mass is 10.2. The highest BCUT2D eigenvalue weighted by Gasteiger charge is 2.06. The normalized spacial score (nSPS) is 10.3. The lowest BCUT2D eigenvalue weighted by Gasteiger charge is -2.12. The minimum Gasteiger partial charge on any atom is -0.493 e. The molecule has 0 fully saturated rings. The average Bonchev–Trinajstić information content (AvgIpc) is 2.52. The Morgan fingerprint density at radius 2 is 1.80 bits per heavy atom. The summed E-state index contributed by atoms with van der Waals surface area (Å²) >= 11 is 5.95. The molecule has 0 aliphatic carbocycles. The maximum Gasteiger partial charge on any atom is 0.127 e. The van der Waals surface area contributed by atoms with Crippen LogP contribution in [-0.2, 0) is 12.5 Å². The van der Waals surface area contributed by atoms with E-state index in [1.54, 1.807) is 0 Å². The van der Waals surface area contributed by atoms with Gasteiger partial charge >= 0.3 is 0 Å². The molecule has 0 unspecified atom stereocenters. The lowest BCUT2D eigenvalue weighted by molar-refractivity contribution is 0.293. The average molecular weight is 291 g/mol. The minimum absolute atomic E-state index is 0.429. The summed E-state index contributed by atoms with van der Waals surface area (Å²) in [4.78, 5) is 0. The summed E-state index contributed by atoms with van der Waals surface area (Å²) in [6, 6.07) is 15.9. The van der Waals surface area contributed by atoms with Crippen molar-refractivity contribution < 1.29 is 9.47 Å². The van der Waals surface area contributed by atoms with Crippen molar-refractivity contribution in [2.75, 3.05) is 6.61 Å². The van der Waals surface area contributed by atoms with E-state index in [0.29, 0.717) is 19.1 Å². The van der Waals surface area contributed by atoms with Gasteiger partial charge in [0.05, 0.1) is 12.5 Å². The fourth-order valence-corrected chi connectivity index (χ4v) is 2.05. The van der Waals surface area contributed by atoms with Crippen molar-refractivity contribution in [3.8, 4) is 11.5 Å². The molecule has 0 atom stereocenters. The molecule has 0 aliphatic rings. The van der Waals surface area contributed by atoms with Crippen LogP contribution in [0.3, 0.4) is 0 Å². The topological polar surface area (TPSA) is 18.5 Å². The van der Waals surface area contributed by atoms with E-state index >= 15 is 0 Å². The van der Waals surface area contributed by atoms with Gasteiger partial charge in [0.2, 0.25) is 0 Å². The number of hydrogen-bond donors (Lipinski definition) is 0. The minimum atomic E-state index is 0.429. The Morgan fingerprint density at radius 3 is 2.50 bits per heavy atom. The number of rotatable bonds is 7. The van der Waals surface area contributed by atoms with Crippen molar-refractivity contribution in [3.05, 3.63) is 59.7 Å². The van der Waals surface area contributed by atoms with Gasteiger partial charge in [-0.05, 0) is 18.1 Å². The molecular weight excluding hydrogens is 272 g/mol. The molecule has 2 aromatic rings. The van der Waals surface area contributed by atoms with Crippen LogP contribution in [0.15, 0.2) is 48.5 Å². The standard InChI is InChI=1S/C17H19ClO2/c1-2-10-19-16-9-8-15(12-18)17(11-16)20-13-14-6-4-3-5-7-14/h3-9,11H,2,10,12-13H2,1H3. The van der Waals surface area contributed by atoms with Gasteiger partial charge in [-0.15, -0.1) is 11.6 Å². The molecule has 0 aliphatic heterocycles. The van der Waals surface area contributed by atoms with Crippen LogP contribution >= 0.6 is 11.6 Å². The van der Waals surface area contributed by atoms with Crippen LogP contribution in [0, 0.1) is 0 Å². The third-order valence-corrected chi connectivity index (χ3v) is 3.18. The van der Waals surface area contributed by atoms with Gasteiger partial charge in [-0.3, -0.25) is 0 Å². The molecule has 106 valence electrons. The highest BCUT2D eigenvalue weighted by Crippen LogP contribution is 2.27. The fourth-order valence-electron chi connectivity index (χ4n) is 1.82. The predicted octanol–water partition coefficient (Wildman–Crippen LogP) is 4.79. The molecule has 20 heavy (non-hydrogen) atoms. The summed E-state index contributed by atoms with van der Waals surface area (Å²) in [7, 11) is 0. The van der Waals surface area contributed by atoms with Crippen LogP contribution in [0.2, 0.25) is 0 Å². The molecule has 2 aromatic carbocycles. The molecule has 2 rings (SSSR count). The Hall–Kier alpha value is -1.67. The summed E-state index contributed by atoms with van der Waals surface area (Å²) < 4.78 is 11.5. The zero-order chi connectivity index (χ0) is 14.2. The quantitative estimate of drug-likeness (QED) is 0.682.